The third-order valence-electron chi connectivity index (χ3n) is 5.10. The first-order chi connectivity index (χ1) is 13.4. The maximum atomic E-state index is 13.0. The fourth-order valence-electron chi connectivity index (χ4n) is 3.83. The first-order valence-electron chi connectivity index (χ1n) is 9.16. The van der Waals surface area contributed by atoms with Crippen LogP contribution >= 0.6 is 22.6 Å². The molecule has 7 heteroatoms. The molecule has 1 aromatic carbocycles. The van der Waals surface area contributed by atoms with E-state index in [-0.39, 0.29) is 26.1 Å². The van der Waals surface area contributed by atoms with Crippen LogP contribution in [0.2, 0.25) is 0 Å². The van der Waals surface area contributed by atoms with Crippen LogP contribution in [0.5, 0.6) is 0 Å². The minimum atomic E-state index is -1.56. The Bertz CT molecular complexity index is 739. The molecule has 1 aromatic rings. The molecule has 1 aliphatic carbocycles. The van der Waals surface area contributed by atoms with Crippen LogP contribution in [0.1, 0.15) is 32.3 Å². The van der Waals surface area contributed by atoms with Crippen molar-refractivity contribution in [1.82, 2.24) is 0 Å². The van der Waals surface area contributed by atoms with Crippen LogP contribution in [0.15, 0.2) is 40.0 Å². The number of halogens is 1. The predicted molar refractivity (Wildman–Crippen MR) is 112 cm³/mol. The average Bonchev–Trinajstić information content (AvgIpc) is 3.05. The Morgan fingerprint density at radius 3 is 2.07 bits per heavy atom. The molecule has 1 fully saturated rings. The minimum Gasteiger partial charge on any atom is -0.468 e. The van der Waals surface area contributed by atoms with E-state index in [0.717, 1.165) is 5.56 Å². The number of ether oxygens (including phenoxy) is 3. The normalized spacial score (nSPS) is 21.9. The molecule has 0 N–H and O–H groups in total. The Balaban J connectivity index is 2.59. The fourth-order valence-corrected chi connectivity index (χ4v) is 4.65. The highest BCUT2D eigenvalue weighted by molar-refractivity contribution is 14.1. The molecule has 0 aliphatic heterocycles. The van der Waals surface area contributed by atoms with Crippen molar-refractivity contribution >= 4 is 40.5 Å². The fraction of sp³-hybridized carbons (Fsp3) is 0.476. The van der Waals surface area contributed by atoms with Gasteiger partial charge in [0.1, 0.15) is 0 Å². The van der Waals surface area contributed by atoms with E-state index >= 15 is 0 Å². The Labute approximate surface area is 178 Å². The number of carbonyl (C=O) groups excluding carboxylic acids is 3. The van der Waals surface area contributed by atoms with Gasteiger partial charge in [0.2, 0.25) is 0 Å². The summed E-state index contributed by atoms with van der Waals surface area (Å²) in [6.45, 7) is 3.62. The number of rotatable bonds is 7. The third kappa shape index (κ3) is 4.09. The maximum Gasteiger partial charge on any atom is 0.323 e. The van der Waals surface area contributed by atoms with E-state index in [9.17, 15) is 14.4 Å². The molecule has 28 heavy (non-hydrogen) atoms. The molecule has 1 atom stereocenters. The van der Waals surface area contributed by atoms with Crippen molar-refractivity contribution < 1.29 is 28.6 Å². The van der Waals surface area contributed by atoms with Gasteiger partial charge < -0.3 is 14.2 Å². The van der Waals surface area contributed by atoms with Crippen LogP contribution in [0.4, 0.5) is 0 Å². The molecule has 0 radical (unpaired) electrons. The first kappa shape index (κ1) is 22.4. The van der Waals surface area contributed by atoms with Crippen LogP contribution in [-0.4, -0.2) is 38.2 Å². The Morgan fingerprint density at radius 1 is 1.04 bits per heavy atom. The van der Waals surface area contributed by atoms with Gasteiger partial charge in [0.25, 0.3) is 0 Å². The number of benzene rings is 1. The summed E-state index contributed by atoms with van der Waals surface area (Å²) < 4.78 is 17.3. The van der Waals surface area contributed by atoms with Crippen molar-refractivity contribution in [2.45, 2.75) is 33.1 Å². The van der Waals surface area contributed by atoms with Crippen molar-refractivity contribution in [1.29, 1.82) is 0 Å². The zero-order chi connectivity index (χ0) is 20.8. The summed E-state index contributed by atoms with van der Waals surface area (Å²) >= 11 is 2.04. The summed E-state index contributed by atoms with van der Waals surface area (Å²) in [7, 11) is 1.31. The van der Waals surface area contributed by atoms with E-state index in [1.165, 1.54) is 7.11 Å². The second-order valence-electron chi connectivity index (χ2n) is 6.75. The highest BCUT2D eigenvalue weighted by Crippen LogP contribution is 2.57. The molecule has 1 unspecified atom stereocenters. The Morgan fingerprint density at radius 2 is 1.61 bits per heavy atom. The number of hydrogen-bond donors (Lipinski definition) is 0. The average molecular weight is 500 g/mol. The van der Waals surface area contributed by atoms with Crippen LogP contribution in [-0.2, 0) is 35.0 Å². The number of carbonyl (C=O) groups is 3. The van der Waals surface area contributed by atoms with Crippen LogP contribution in [0.25, 0.3) is 0 Å². The smallest absolute Gasteiger partial charge is 0.323 e. The SMILES string of the molecule is CCOC(=O)C1(C(=O)OCC)C/C(=C/I)C(Cc2ccccc2)(C(=O)OC)C1. The van der Waals surface area contributed by atoms with Gasteiger partial charge in [0.05, 0.1) is 25.7 Å². The maximum absolute atomic E-state index is 13.0. The first-order valence-corrected chi connectivity index (χ1v) is 10.4. The molecule has 0 saturated heterocycles. The largest absolute Gasteiger partial charge is 0.468 e. The van der Waals surface area contributed by atoms with Crippen LogP contribution < -0.4 is 0 Å². The van der Waals surface area contributed by atoms with Crippen LogP contribution in [0, 0.1) is 10.8 Å². The summed E-state index contributed by atoms with van der Waals surface area (Å²) in [5.74, 6) is -1.80. The number of hydrogen-bond acceptors (Lipinski definition) is 6. The summed E-state index contributed by atoms with van der Waals surface area (Å²) in [5.41, 5.74) is -1.12. The van der Waals surface area contributed by atoms with E-state index in [1.807, 2.05) is 52.9 Å². The van der Waals surface area contributed by atoms with Crippen molar-refractivity contribution in [3.05, 3.63) is 45.6 Å². The van der Waals surface area contributed by atoms with Gasteiger partial charge >= 0.3 is 17.9 Å². The molecule has 1 aliphatic rings. The molecule has 152 valence electrons. The second kappa shape index (κ2) is 9.54. The van der Waals surface area contributed by atoms with Gasteiger partial charge in [-0.3, -0.25) is 14.4 Å². The van der Waals surface area contributed by atoms with Crippen molar-refractivity contribution in [3.63, 3.8) is 0 Å². The minimum absolute atomic E-state index is 0.0476. The molecule has 0 bridgehead atoms. The van der Waals surface area contributed by atoms with E-state index in [1.54, 1.807) is 17.9 Å². The quantitative estimate of drug-likeness (QED) is 0.247. The summed E-state index contributed by atoms with van der Waals surface area (Å²) in [5, 5.41) is 0. The molecular formula is C21H25IO6. The molecular weight excluding hydrogens is 475 g/mol. The standard InChI is InChI=1S/C21H25IO6/c1-4-27-18(24)21(19(25)28-5-2)12-16(13-22)20(14-21,17(23)26-3)11-15-9-7-6-8-10-15/h6-10,13H,4-5,11-12,14H2,1-3H3/b16-13-. The third-order valence-corrected chi connectivity index (χ3v) is 5.85. The predicted octanol–water partition coefficient (Wildman–Crippen LogP) is 3.61. The highest BCUT2D eigenvalue weighted by atomic mass is 127. The Kier molecular flexibility index (Phi) is 7.63. The van der Waals surface area contributed by atoms with E-state index in [2.05, 4.69) is 0 Å². The van der Waals surface area contributed by atoms with Crippen molar-refractivity contribution in [2.24, 2.45) is 10.8 Å². The second-order valence-corrected chi connectivity index (χ2v) is 7.37. The summed E-state index contributed by atoms with van der Waals surface area (Å²) in [6, 6.07) is 9.47. The molecule has 0 spiro atoms. The van der Waals surface area contributed by atoms with Gasteiger partial charge in [0.15, 0.2) is 5.41 Å². The van der Waals surface area contributed by atoms with Gasteiger partial charge in [-0.2, -0.15) is 0 Å². The molecule has 0 aromatic heterocycles. The zero-order valence-corrected chi connectivity index (χ0v) is 18.5. The summed E-state index contributed by atoms with van der Waals surface area (Å²) in [4.78, 5) is 38.8. The monoisotopic (exact) mass is 500 g/mol. The molecule has 0 heterocycles. The van der Waals surface area contributed by atoms with Gasteiger partial charge in [-0.1, -0.05) is 52.9 Å². The lowest BCUT2D eigenvalue weighted by Crippen LogP contribution is -2.43. The lowest BCUT2D eigenvalue weighted by atomic mass is 9.74. The topological polar surface area (TPSA) is 78.9 Å². The van der Waals surface area contributed by atoms with Crippen molar-refractivity contribution in [3.8, 4) is 0 Å². The lowest BCUT2D eigenvalue weighted by molar-refractivity contribution is -0.173. The van der Waals surface area contributed by atoms with Gasteiger partial charge in [-0.25, -0.2) is 0 Å². The van der Waals surface area contributed by atoms with Gasteiger partial charge in [-0.05, 0) is 48.3 Å². The highest BCUT2D eigenvalue weighted by Gasteiger charge is 2.64. The lowest BCUT2D eigenvalue weighted by Gasteiger charge is -2.30. The zero-order valence-electron chi connectivity index (χ0n) is 16.3. The van der Waals surface area contributed by atoms with E-state index in [0.29, 0.717) is 12.0 Å². The number of esters is 3. The van der Waals surface area contributed by atoms with E-state index in [4.69, 9.17) is 14.2 Å². The molecule has 0 amide bonds. The van der Waals surface area contributed by atoms with Crippen LogP contribution in [0.3, 0.4) is 0 Å². The van der Waals surface area contributed by atoms with Gasteiger partial charge in [0, 0.05) is 0 Å². The molecule has 2 rings (SSSR count). The Hall–Kier alpha value is -1.90. The van der Waals surface area contributed by atoms with Crippen molar-refractivity contribution in [2.75, 3.05) is 20.3 Å². The molecule has 6 nitrogen and oxygen atoms in total. The van der Waals surface area contributed by atoms with E-state index < -0.39 is 28.7 Å². The molecule has 1 saturated carbocycles. The van der Waals surface area contributed by atoms with Gasteiger partial charge in [-0.15, -0.1) is 0 Å². The summed E-state index contributed by atoms with van der Waals surface area (Å²) in [6.07, 6.45) is 0.333. The number of methoxy groups -OCH3 is 1.